The van der Waals surface area contributed by atoms with Crippen molar-refractivity contribution in [1.82, 2.24) is 30.8 Å². The summed E-state index contributed by atoms with van der Waals surface area (Å²) >= 11 is 0. The van der Waals surface area contributed by atoms with Crippen LogP contribution in [0, 0.1) is 5.92 Å². The largest absolute Gasteiger partial charge is 0.446 e. The van der Waals surface area contributed by atoms with Crippen LogP contribution >= 0.6 is 0 Å². The summed E-state index contributed by atoms with van der Waals surface area (Å²) < 4.78 is 7.26. The lowest BCUT2D eigenvalue weighted by Crippen LogP contribution is -2.36. The highest BCUT2D eigenvalue weighted by Gasteiger charge is 2.36. The van der Waals surface area contributed by atoms with E-state index in [0.29, 0.717) is 17.4 Å². The minimum absolute atomic E-state index is 0.0408. The van der Waals surface area contributed by atoms with Gasteiger partial charge in [-0.2, -0.15) is 5.10 Å². The quantitative estimate of drug-likeness (QED) is 0.567. The Morgan fingerprint density at radius 3 is 3.17 bits per heavy atom. The summed E-state index contributed by atoms with van der Waals surface area (Å²) in [6.45, 7) is 3.88. The maximum absolute atomic E-state index is 12.0. The number of ether oxygens (including phenoxy) is 1. The normalized spacial score (nSPS) is 26.1. The van der Waals surface area contributed by atoms with E-state index < -0.39 is 0 Å². The summed E-state index contributed by atoms with van der Waals surface area (Å²) in [7, 11) is 0. The molecule has 1 saturated heterocycles. The van der Waals surface area contributed by atoms with E-state index >= 15 is 0 Å². The third-order valence-electron chi connectivity index (χ3n) is 5.88. The predicted octanol–water partition coefficient (Wildman–Crippen LogP) is 1.81. The second-order valence-corrected chi connectivity index (χ2v) is 8.07. The van der Waals surface area contributed by atoms with E-state index in [1.807, 2.05) is 13.8 Å². The number of rotatable bonds is 6. The summed E-state index contributed by atoms with van der Waals surface area (Å²) in [5, 5.41) is 16.4. The maximum atomic E-state index is 12.0. The Morgan fingerprint density at radius 2 is 2.37 bits per heavy atom. The van der Waals surface area contributed by atoms with Crippen molar-refractivity contribution in [3.8, 4) is 0 Å². The van der Waals surface area contributed by atoms with E-state index in [0.717, 1.165) is 43.5 Å². The molecular formula is C20H29N7O3. The minimum atomic E-state index is -0.322. The first-order valence-corrected chi connectivity index (χ1v) is 10.6. The molecule has 4 N–H and O–H groups in total. The monoisotopic (exact) mass is 415 g/mol. The molecule has 4 unspecified atom stereocenters. The fourth-order valence-corrected chi connectivity index (χ4v) is 4.03. The van der Waals surface area contributed by atoms with Gasteiger partial charge in [0.15, 0.2) is 5.82 Å². The summed E-state index contributed by atoms with van der Waals surface area (Å²) in [5.41, 5.74) is 7.82. The SMILES string of the molecule is CCC(C)NC(=O)OC1CCC(C2CC(=Nc3nccn4nc(CO)cc34)NN2)C1. The highest BCUT2D eigenvalue weighted by Crippen LogP contribution is 2.33. The zero-order valence-corrected chi connectivity index (χ0v) is 17.3. The molecule has 4 atom stereocenters. The molecule has 0 spiro atoms. The lowest BCUT2D eigenvalue weighted by atomic mass is 9.96. The number of nitrogens with zero attached hydrogens (tertiary/aromatic N) is 4. The number of amides is 1. The molecule has 4 rings (SSSR count). The maximum Gasteiger partial charge on any atom is 0.407 e. The number of hydrazine groups is 1. The van der Waals surface area contributed by atoms with Crippen molar-refractivity contribution < 1.29 is 14.6 Å². The average Bonchev–Trinajstić information content (AvgIpc) is 3.47. The zero-order valence-electron chi connectivity index (χ0n) is 17.3. The molecule has 2 aromatic rings. The molecule has 1 saturated carbocycles. The molecule has 0 radical (unpaired) electrons. The van der Waals surface area contributed by atoms with E-state index in [9.17, 15) is 9.90 Å². The van der Waals surface area contributed by atoms with Crippen molar-refractivity contribution in [3.05, 3.63) is 24.2 Å². The molecule has 1 amide bonds. The van der Waals surface area contributed by atoms with Crippen LogP contribution in [0.4, 0.5) is 10.6 Å². The first-order chi connectivity index (χ1) is 14.6. The molecule has 2 aliphatic rings. The Hall–Kier alpha value is -2.72. The smallest absolute Gasteiger partial charge is 0.407 e. The zero-order chi connectivity index (χ0) is 21.1. The number of aliphatic hydroxyl groups excluding tert-OH is 1. The number of amidine groups is 1. The van der Waals surface area contributed by atoms with Gasteiger partial charge in [-0.1, -0.05) is 6.92 Å². The van der Waals surface area contributed by atoms with Crippen molar-refractivity contribution in [2.75, 3.05) is 0 Å². The first-order valence-electron chi connectivity index (χ1n) is 10.6. The van der Waals surface area contributed by atoms with Crippen molar-refractivity contribution >= 4 is 23.3 Å². The number of carbonyl (C=O) groups excluding carboxylic acids is 1. The highest BCUT2D eigenvalue weighted by molar-refractivity contribution is 5.88. The van der Waals surface area contributed by atoms with Crippen LogP contribution in [0.15, 0.2) is 23.5 Å². The Morgan fingerprint density at radius 1 is 1.50 bits per heavy atom. The van der Waals surface area contributed by atoms with E-state index in [1.54, 1.807) is 23.0 Å². The Bertz CT molecular complexity index is 928. The molecule has 30 heavy (non-hydrogen) atoms. The number of aliphatic hydroxyl groups is 1. The van der Waals surface area contributed by atoms with Crippen molar-refractivity contribution in [1.29, 1.82) is 0 Å². The number of carbonyl (C=O) groups is 1. The summed E-state index contributed by atoms with van der Waals surface area (Å²) in [4.78, 5) is 21.0. The number of fused-ring (bicyclic) bond motifs is 1. The molecular weight excluding hydrogens is 386 g/mol. The van der Waals surface area contributed by atoms with Gasteiger partial charge in [0, 0.05) is 30.9 Å². The molecule has 162 valence electrons. The van der Waals surface area contributed by atoms with Gasteiger partial charge in [0.05, 0.1) is 12.3 Å². The van der Waals surface area contributed by atoms with Gasteiger partial charge in [-0.15, -0.1) is 0 Å². The summed E-state index contributed by atoms with van der Waals surface area (Å²) in [6, 6.07) is 2.14. The summed E-state index contributed by atoms with van der Waals surface area (Å²) in [6.07, 6.45) is 7.37. The summed E-state index contributed by atoms with van der Waals surface area (Å²) in [5.74, 6) is 1.78. The van der Waals surface area contributed by atoms with E-state index in [1.165, 1.54) is 0 Å². The van der Waals surface area contributed by atoms with Gasteiger partial charge >= 0.3 is 6.09 Å². The van der Waals surface area contributed by atoms with Crippen LogP contribution < -0.4 is 16.2 Å². The van der Waals surface area contributed by atoms with Crippen molar-refractivity contribution in [3.63, 3.8) is 0 Å². The fourth-order valence-electron chi connectivity index (χ4n) is 4.03. The van der Waals surface area contributed by atoms with Crippen molar-refractivity contribution in [2.45, 2.75) is 70.7 Å². The van der Waals surface area contributed by atoms with Crippen LogP contribution in [0.5, 0.6) is 0 Å². The Kier molecular flexibility index (Phi) is 6.14. The fraction of sp³-hybridized carbons (Fsp3) is 0.600. The molecule has 1 aliphatic carbocycles. The molecule has 0 bridgehead atoms. The lowest BCUT2D eigenvalue weighted by Gasteiger charge is -2.18. The van der Waals surface area contributed by atoms with Gasteiger partial charge in [-0.25, -0.2) is 24.7 Å². The van der Waals surface area contributed by atoms with Crippen LogP contribution in [0.1, 0.15) is 51.6 Å². The first kappa shape index (κ1) is 20.5. The van der Waals surface area contributed by atoms with Gasteiger partial charge < -0.3 is 20.6 Å². The van der Waals surface area contributed by atoms with Crippen LogP contribution in [-0.4, -0.2) is 49.8 Å². The second kappa shape index (κ2) is 8.97. The molecule has 3 heterocycles. The molecule has 2 fully saturated rings. The van der Waals surface area contributed by atoms with Gasteiger partial charge in [-0.05, 0) is 44.6 Å². The second-order valence-electron chi connectivity index (χ2n) is 8.07. The van der Waals surface area contributed by atoms with E-state index in [-0.39, 0.29) is 30.9 Å². The van der Waals surface area contributed by atoms with E-state index in [4.69, 9.17) is 4.74 Å². The van der Waals surface area contributed by atoms with Crippen LogP contribution in [-0.2, 0) is 11.3 Å². The lowest BCUT2D eigenvalue weighted by molar-refractivity contribution is 0.0949. The molecule has 10 nitrogen and oxygen atoms in total. The molecule has 0 aromatic carbocycles. The predicted molar refractivity (Wildman–Crippen MR) is 111 cm³/mol. The highest BCUT2D eigenvalue weighted by atomic mass is 16.6. The molecule has 10 heteroatoms. The van der Waals surface area contributed by atoms with Gasteiger partial charge in [-0.3, -0.25) is 0 Å². The number of aromatic nitrogens is 3. The van der Waals surface area contributed by atoms with Gasteiger partial charge in [0.25, 0.3) is 0 Å². The number of aliphatic imine (C=N–C) groups is 1. The molecule has 1 aliphatic heterocycles. The molecule has 2 aromatic heterocycles. The van der Waals surface area contributed by atoms with Gasteiger partial charge in [0.2, 0.25) is 0 Å². The number of hydrogen-bond acceptors (Lipinski definition) is 7. The third kappa shape index (κ3) is 4.54. The number of nitrogens with one attached hydrogen (secondary N) is 3. The Labute approximate surface area is 175 Å². The van der Waals surface area contributed by atoms with Crippen molar-refractivity contribution in [2.24, 2.45) is 10.9 Å². The van der Waals surface area contributed by atoms with Crippen LogP contribution in [0.25, 0.3) is 5.52 Å². The van der Waals surface area contributed by atoms with Crippen LogP contribution in [0.3, 0.4) is 0 Å². The number of alkyl carbamates (subject to hydrolysis) is 1. The number of hydrogen-bond donors (Lipinski definition) is 4. The Balaban J connectivity index is 1.35. The van der Waals surface area contributed by atoms with Crippen LogP contribution in [0.2, 0.25) is 0 Å². The third-order valence-corrected chi connectivity index (χ3v) is 5.88. The average molecular weight is 415 g/mol. The standard InChI is InChI=1S/C20H29N7O3/c1-3-12(2)22-20(29)30-15-5-4-13(8-15)16-10-18(25-24-16)23-19-17-9-14(11-28)26-27(17)7-6-21-19/h6-7,9,12-13,15-16,24,28H,3-5,8,10-11H2,1-2H3,(H,22,29)(H,21,23,25). The van der Waals surface area contributed by atoms with Gasteiger partial charge in [0.1, 0.15) is 17.5 Å². The topological polar surface area (TPSA) is 125 Å². The van der Waals surface area contributed by atoms with E-state index in [2.05, 4.69) is 31.2 Å². The minimum Gasteiger partial charge on any atom is -0.446 e.